The van der Waals surface area contributed by atoms with Gasteiger partial charge in [0.25, 0.3) is 0 Å². The van der Waals surface area contributed by atoms with E-state index in [1.54, 1.807) is 0 Å². The SMILES string of the molecule is CC(C)(C)CNC(=O)NC1CCSc2ccc(Cl)cc21. The lowest BCUT2D eigenvalue weighted by Crippen LogP contribution is -2.42. The molecule has 0 spiro atoms. The molecule has 0 bridgehead atoms. The van der Waals surface area contributed by atoms with Gasteiger partial charge in [-0.15, -0.1) is 11.8 Å². The van der Waals surface area contributed by atoms with Gasteiger partial charge in [0.2, 0.25) is 0 Å². The molecule has 3 nitrogen and oxygen atoms in total. The standard InChI is InChI=1S/C15H21ClN2OS/c1-15(2,3)9-17-14(19)18-12-6-7-20-13-5-4-10(16)8-11(12)13/h4-5,8,12H,6-7,9H2,1-3H3,(H2,17,18,19). The summed E-state index contributed by atoms with van der Waals surface area (Å²) >= 11 is 7.88. The smallest absolute Gasteiger partial charge is 0.315 e. The monoisotopic (exact) mass is 312 g/mol. The lowest BCUT2D eigenvalue weighted by atomic mass is 9.97. The highest BCUT2D eigenvalue weighted by atomic mass is 35.5. The molecule has 0 saturated carbocycles. The quantitative estimate of drug-likeness (QED) is 0.858. The second-order valence-electron chi connectivity index (χ2n) is 6.26. The van der Waals surface area contributed by atoms with Crippen molar-refractivity contribution in [3.8, 4) is 0 Å². The Kier molecular flexibility index (Phi) is 4.86. The number of carbonyl (C=O) groups is 1. The third kappa shape index (κ3) is 4.32. The predicted molar refractivity (Wildman–Crippen MR) is 85.5 cm³/mol. The third-order valence-electron chi connectivity index (χ3n) is 3.10. The number of halogens is 1. The van der Waals surface area contributed by atoms with Crippen molar-refractivity contribution in [2.75, 3.05) is 12.3 Å². The van der Waals surface area contributed by atoms with Crippen LogP contribution < -0.4 is 10.6 Å². The van der Waals surface area contributed by atoms with E-state index in [-0.39, 0.29) is 17.5 Å². The van der Waals surface area contributed by atoms with Gasteiger partial charge in [0, 0.05) is 22.2 Å². The van der Waals surface area contributed by atoms with Gasteiger partial charge in [-0.2, -0.15) is 0 Å². The highest BCUT2D eigenvalue weighted by molar-refractivity contribution is 7.99. The summed E-state index contributed by atoms with van der Waals surface area (Å²) in [5.41, 5.74) is 1.21. The maximum atomic E-state index is 12.0. The van der Waals surface area contributed by atoms with Gasteiger partial charge >= 0.3 is 6.03 Å². The Bertz CT molecular complexity index is 499. The molecule has 2 rings (SSSR count). The molecule has 2 N–H and O–H groups in total. The molecule has 0 saturated heterocycles. The summed E-state index contributed by atoms with van der Waals surface area (Å²) in [5.74, 6) is 1.01. The van der Waals surface area contributed by atoms with Crippen LogP contribution in [-0.4, -0.2) is 18.3 Å². The average Bonchev–Trinajstić information content (AvgIpc) is 2.36. The van der Waals surface area contributed by atoms with Crippen molar-refractivity contribution in [1.29, 1.82) is 0 Å². The van der Waals surface area contributed by atoms with Gasteiger partial charge in [0.15, 0.2) is 0 Å². The second-order valence-corrected chi connectivity index (χ2v) is 7.83. The van der Waals surface area contributed by atoms with Crippen LogP contribution in [0.15, 0.2) is 23.1 Å². The van der Waals surface area contributed by atoms with Crippen LogP contribution in [0.2, 0.25) is 5.02 Å². The van der Waals surface area contributed by atoms with Crippen LogP contribution in [0.3, 0.4) is 0 Å². The van der Waals surface area contributed by atoms with Crippen LogP contribution in [0, 0.1) is 5.41 Å². The highest BCUT2D eigenvalue weighted by Crippen LogP contribution is 2.37. The molecule has 2 amide bonds. The van der Waals surface area contributed by atoms with Crippen LogP contribution in [-0.2, 0) is 0 Å². The largest absolute Gasteiger partial charge is 0.338 e. The first-order chi connectivity index (χ1) is 9.35. The molecule has 1 aromatic carbocycles. The van der Waals surface area contributed by atoms with Crippen molar-refractivity contribution < 1.29 is 4.79 Å². The van der Waals surface area contributed by atoms with E-state index in [9.17, 15) is 4.79 Å². The fraction of sp³-hybridized carbons (Fsp3) is 0.533. The zero-order valence-electron chi connectivity index (χ0n) is 12.1. The molecule has 1 aliphatic heterocycles. The van der Waals surface area contributed by atoms with E-state index >= 15 is 0 Å². The molecule has 0 radical (unpaired) electrons. The van der Waals surface area contributed by atoms with E-state index in [2.05, 4.69) is 31.4 Å². The third-order valence-corrected chi connectivity index (χ3v) is 4.45. The predicted octanol–water partition coefficient (Wildman–Crippen LogP) is 4.22. The van der Waals surface area contributed by atoms with Crippen molar-refractivity contribution in [2.45, 2.75) is 38.1 Å². The van der Waals surface area contributed by atoms with Crippen molar-refractivity contribution in [3.05, 3.63) is 28.8 Å². The van der Waals surface area contributed by atoms with Crippen molar-refractivity contribution in [2.24, 2.45) is 5.41 Å². The Morgan fingerprint density at radius 2 is 2.20 bits per heavy atom. The van der Waals surface area contributed by atoms with Crippen LogP contribution >= 0.6 is 23.4 Å². The van der Waals surface area contributed by atoms with Gasteiger partial charge in [-0.25, -0.2) is 4.79 Å². The first-order valence-corrected chi connectivity index (χ1v) is 8.18. The Labute approximate surface area is 129 Å². The van der Waals surface area contributed by atoms with Gasteiger partial charge in [-0.05, 0) is 35.6 Å². The van der Waals surface area contributed by atoms with E-state index in [0.717, 1.165) is 17.7 Å². The van der Waals surface area contributed by atoms with E-state index in [1.165, 1.54) is 4.90 Å². The molecule has 0 aliphatic carbocycles. The van der Waals surface area contributed by atoms with Gasteiger partial charge in [-0.1, -0.05) is 32.4 Å². The summed E-state index contributed by atoms with van der Waals surface area (Å²) in [6, 6.07) is 5.82. The number of amides is 2. The number of urea groups is 1. The first-order valence-electron chi connectivity index (χ1n) is 6.82. The van der Waals surface area contributed by atoms with E-state index in [0.29, 0.717) is 11.6 Å². The summed E-state index contributed by atoms with van der Waals surface area (Å²) in [4.78, 5) is 13.2. The number of nitrogens with one attached hydrogen (secondary N) is 2. The zero-order valence-corrected chi connectivity index (χ0v) is 13.7. The molecule has 1 heterocycles. The summed E-state index contributed by atoms with van der Waals surface area (Å²) < 4.78 is 0. The number of rotatable bonds is 2. The minimum atomic E-state index is -0.109. The van der Waals surface area contributed by atoms with Crippen LogP contribution in [0.5, 0.6) is 0 Å². The lowest BCUT2D eigenvalue weighted by Gasteiger charge is -2.27. The van der Waals surface area contributed by atoms with Crippen LogP contribution in [0.1, 0.15) is 38.8 Å². The first kappa shape index (κ1) is 15.5. The molecule has 0 aromatic heterocycles. The molecule has 1 unspecified atom stereocenters. The summed E-state index contributed by atoms with van der Waals surface area (Å²) in [5, 5.41) is 6.69. The van der Waals surface area contributed by atoms with Crippen molar-refractivity contribution >= 4 is 29.4 Å². The molecule has 110 valence electrons. The number of hydrogen-bond donors (Lipinski definition) is 2. The zero-order chi connectivity index (χ0) is 14.8. The minimum absolute atomic E-state index is 0.0462. The summed E-state index contributed by atoms with van der Waals surface area (Å²) in [6.07, 6.45) is 0.931. The Morgan fingerprint density at radius 3 is 2.90 bits per heavy atom. The van der Waals surface area contributed by atoms with Gasteiger partial charge in [-0.3, -0.25) is 0 Å². The number of benzene rings is 1. The van der Waals surface area contributed by atoms with E-state index in [4.69, 9.17) is 11.6 Å². The number of thioether (sulfide) groups is 1. The van der Waals surface area contributed by atoms with Crippen LogP contribution in [0.25, 0.3) is 0 Å². The number of carbonyl (C=O) groups excluding carboxylic acids is 1. The molecule has 5 heteroatoms. The van der Waals surface area contributed by atoms with Crippen molar-refractivity contribution in [3.63, 3.8) is 0 Å². The Morgan fingerprint density at radius 1 is 1.45 bits per heavy atom. The summed E-state index contributed by atoms with van der Waals surface area (Å²) in [6.45, 7) is 6.95. The molecule has 0 fully saturated rings. The molecule has 20 heavy (non-hydrogen) atoms. The lowest BCUT2D eigenvalue weighted by molar-refractivity contribution is 0.231. The maximum Gasteiger partial charge on any atom is 0.315 e. The van der Waals surface area contributed by atoms with E-state index < -0.39 is 0 Å². The average molecular weight is 313 g/mol. The number of fused-ring (bicyclic) bond motifs is 1. The molecular formula is C15H21ClN2OS. The maximum absolute atomic E-state index is 12.0. The molecule has 1 aromatic rings. The van der Waals surface area contributed by atoms with Crippen LogP contribution in [0.4, 0.5) is 4.79 Å². The van der Waals surface area contributed by atoms with E-state index in [1.807, 2.05) is 30.0 Å². The number of hydrogen-bond acceptors (Lipinski definition) is 2. The van der Waals surface area contributed by atoms with Gasteiger partial charge < -0.3 is 10.6 Å². The minimum Gasteiger partial charge on any atom is -0.338 e. The normalized spacial score (nSPS) is 18.3. The Balaban J connectivity index is 2.01. The van der Waals surface area contributed by atoms with Gasteiger partial charge in [0.05, 0.1) is 6.04 Å². The topological polar surface area (TPSA) is 41.1 Å². The van der Waals surface area contributed by atoms with Crippen molar-refractivity contribution in [1.82, 2.24) is 10.6 Å². The summed E-state index contributed by atoms with van der Waals surface area (Å²) in [7, 11) is 0. The molecule has 1 aliphatic rings. The fourth-order valence-electron chi connectivity index (χ4n) is 2.07. The fourth-order valence-corrected chi connectivity index (χ4v) is 3.36. The highest BCUT2D eigenvalue weighted by Gasteiger charge is 2.23. The molecular weight excluding hydrogens is 292 g/mol. The molecule has 1 atom stereocenters. The van der Waals surface area contributed by atoms with Gasteiger partial charge in [0.1, 0.15) is 0 Å². The Hall–Kier alpha value is -0.870. The second kappa shape index (κ2) is 6.27.